The van der Waals surface area contributed by atoms with Crippen LogP contribution in [0.1, 0.15) is 11.6 Å². The van der Waals surface area contributed by atoms with E-state index in [2.05, 4.69) is 0 Å². The number of alkyl halides is 1. The van der Waals surface area contributed by atoms with E-state index in [9.17, 15) is 9.59 Å². The lowest BCUT2D eigenvalue weighted by Crippen LogP contribution is -2.55. The van der Waals surface area contributed by atoms with E-state index in [1.807, 2.05) is 30.3 Å². The lowest BCUT2D eigenvalue weighted by atomic mass is 10.1. The summed E-state index contributed by atoms with van der Waals surface area (Å²) in [5, 5.41) is 2.50. The minimum absolute atomic E-state index is 0.184. The number of hydrazine groups is 1. The van der Waals surface area contributed by atoms with Crippen molar-refractivity contribution in [3.8, 4) is 0 Å². The fraction of sp³-hybridized carbons (Fsp3) is 0.333. The normalized spacial score (nSPS) is 20.7. The van der Waals surface area contributed by atoms with Crippen molar-refractivity contribution in [3.63, 3.8) is 0 Å². The molecule has 0 saturated carbocycles. The second kappa shape index (κ2) is 5.37. The van der Waals surface area contributed by atoms with Crippen molar-refractivity contribution in [1.29, 1.82) is 0 Å². The van der Waals surface area contributed by atoms with Gasteiger partial charge in [-0.2, -0.15) is 5.01 Å². The number of amides is 2. The highest BCUT2D eigenvalue weighted by Crippen LogP contribution is 2.26. The van der Waals surface area contributed by atoms with E-state index in [0.29, 0.717) is 0 Å². The molecule has 6 heteroatoms. The van der Waals surface area contributed by atoms with Crippen LogP contribution in [0, 0.1) is 0 Å². The van der Waals surface area contributed by atoms with Crippen molar-refractivity contribution in [3.05, 3.63) is 35.9 Å². The van der Waals surface area contributed by atoms with Crippen molar-refractivity contribution < 1.29 is 14.3 Å². The summed E-state index contributed by atoms with van der Waals surface area (Å²) in [4.78, 5) is 23.2. The summed E-state index contributed by atoms with van der Waals surface area (Å²) in [6.45, 7) is 0.214. The fourth-order valence-electron chi connectivity index (χ4n) is 1.91. The molecule has 1 aliphatic rings. The SMILES string of the molecule is CN1[C@H](c2ccccc2)COC(=O)N1C(=O)CCl. The Morgan fingerprint density at radius 2 is 2.11 bits per heavy atom. The first-order valence-corrected chi connectivity index (χ1v) is 6.02. The first-order valence-electron chi connectivity index (χ1n) is 5.48. The van der Waals surface area contributed by atoms with Crippen molar-refractivity contribution in [2.24, 2.45) is 0 Å². The predicted molar refractivity (Wildman–Crippen MR) is 65.9 cm³/mol. The second-order valence-corrected chi connectivity index (χ2v) is 4.18. The predicted octanol–water partition coefficient (Wildman–Crippen LogP) is 1.79. The third-order valence-electron chi connectivity index (χ3n) is 2.84. The number of nitrogens with zero attached hydrogens (tertiary/aromatic N) is 2. The zero-order valence-corrected chi connectivity index (χ0v) is 10.6. The molecule has 96 valence electrons. The minimum atomic E-state index is -0.685. The number of ether oxygens (including phenoxy) is 1. The Hall–Kier alpha value is -1.59. The van der Waals surface area contributed by atoms with Gasteiger partial charge in [-0.3, -0.25) is 4.79 Å². The van der Waals surface area contributed by atoms with Gasteiger partial charge in [-0.1, -0.05) is 30.3 Å². The van der Waals surface area contributed by atoms with Crippen molar-refractivity contribution in [2.45, 2.75) is 6.04 Å². The number of carbonyl (C=O) groups is 2. The molecule has 0 unspecified atom stereocenters. The van der Waals surface area contributed by atoms with Crippen LogP contribution in [0.4, 0.5) is 4.79 Å². The standard InChI is InChI=1S/C12H13ClN2O3/c1-14-10(9-5-3-2-4-6-9)8-18-12(17)15(14)11(16)7-13/h2-6,10H,7-8H2,1H3/t10-/m0/s1. The quantitative estimate of drug-likeness (QED) is 0.768. The summed E-state index contributed by atoms with van der Waals surface area (Å²) in [5.41, 5.74) is 0.972. The molecule has 1 aromatic rings. The zero-order chi connectivity index (χ0) is 13.1. The Morgan fingerprint density at radius 1 is 1.44 bits per heavy atom. The van der Waals surface area contributed by atoms with Gasteiger partial charge in [-0.05, 0) is 5.56 Å². The molecule has 2 amide bonds. The molecule has 1 saturated heterocycles. The van der Waals surface area contributed by atoms with E-state index in [-0.39, 0.29) is 18.5 Å². The number of carbonyl (C=O) groups excluding carboxylic acids is 2. The van der Waals surface area contributed by atoms with Crippen LogP contribution in [0.5, 0.6) is 0 Å². The molecule has 1 fully saturated rings. The maximum absolute atomic E-state index is 11.6. The molecule has 0 bridgehead atoms. The maximum Gasteiger partial charge on any atom is 0.431 e. The number of cyclic esters (lactones) is 1. The topological polar surface area (TPSA) is 49.9 Å². The number of likely N-dealkylation sites (N-methyl/N-ethyl adjacent to an activating group) is 1. The van der Waals surface area contributed by atoms with Gasteiger partial charge in [0.2, 0.25) is 0 Å². The Kier molecular flexibility index (Phi) is 3.84. The molecule has 1 atom stereocenters. The van der Waals surface area contributed by atoms with Gasteiger partial charge in [-0.15, -0.1) is 11.6 Å². The molecule has 0 spiro atoms. The van der Waals surface area contributed by atoms with E-state index in [1.54, 1.807) is 12.1 Å². The first kappa shape index (κ1) is 12.9. The molecular weight excluding hydrogens is 256 g/mol. The van der Waals surface area contributed by atoms with Gasteiger partial charge in [0.25, 0.3) is 5.91 Å². The molecule has 0 aliphatic carbocycles. The fourth-order valence-corrected chi connectivity index (χ4v) is 2.02. The van der Waals surface area contributed by atoms with Crippen LogP contribution in [0.15, 0.2) is 30.3 Å². The smallest absolute Gasteiger partial charge is 0.431 e. The number of benzene rings is 1. The summed E-state index contributed by atoms with van der Waals surface area (Å²) < 4.78 is 5.02. The van der Waals surface area contributed by atoms with Crippen LogP contribution in [0.25, 0.3) is 0 Å². The largest absolute Gasteiger partial charge is 0.446 e. The highest BCUT2D eigenvalue weighted by Gasteiger charge is 2.37. The summed E-state index contributed by atoms with van der Waals surface area (Å²) in [5.74, 6) is -0.759. The Morgan fingerprint density at radius 3 is 2.72 bits per heavy atom. The highest BCUT2D eigenvalue weighted by molar-refractivity contribution is 6.28. The van der Waals surface area contributed by atoms with Gasteiger partial charge in [0.05, 0.1) is 6.04 Å². The van der Waals surface area contributed by atoms with Crippen molar-refractivity contribution in [2.75, 3.05) is 19.5 Å². The number of hydrogen-bond donors (Lipinski definition) is 0. The van der Waals surface area contributed by atoms with Crippen molar-refractivity contribution >= 4 is 23.6 Å². The van der Waals surface area contributed by atoms with Gasteiger partial charge in [0.15, 0.2) is 0 Å². The van der Waals surface area contributed by atoms with E-state index < -0.39 is 12.0 Å². The van der Waals surface area contributed by atoms with Gasteiger partial charge in [0.1, 0.15) is 12.5 Å². The van der Waals surface area contributed by atoms with Crippen LogP contribution < -0.4 is 0 Å². The molecular formula is C12H13ClN2O3. The molecule has 0 radical (unpaired) electrons. The molecule has 0 aromatic heterocycles. The van der Waals surface area contributed by atoms with Gasteiger partial charge in [0, 0.05) is 7.05 Å². The molecule has 1 aromatic carbocycles. The summed E-state index contributed by atoms with van der Waals surface area (Å²) in [7, 11) is 1.67. The third kappa shape index (κ3) is 2.32. The minimum Gasteiger partial charge on any atom is -0.446 e. The number of rotatable bonds is 2. The molecule has 5 nitrogen and oxygen atoms in total. The summed E-state index contributed by atoms with van der Waals surface area (Å²) >= 11 is 5.48. The van der Waals surface area contributed by atoms with E-state index in [0.717, 1.165) is 10.6 Å². The van der Waals surface area contributed by atoms with E-state index in [4.69, 9.17) is 16.3 Å². The molecule has 1 heterocycles. The Bertz CT molecular complexity index is 444. The van der Waals surface area contributed by atoms with E-state index >= 15 is 0 Å². The average Bonchev–Trinajstić information content (AvgIpc) is 2.39. The van der Waals surface area contributed by atoms with Crippen LogP contribution in [-0.4, -0.2) is 41.6 Å². The maximum atomic E-state index is 11.6. The number of hydrogen-bond acceptors (Lipinski definition) is 4. The molecule has 18 heavy (non-hydrogen) atoms. The van der Waals surface area contributed by atoms with Crippen LogP contribution in [0.2, 0.25) is 0 Å². The average molecular weight is 269 g/mol. The van der Waals surface area contributed by atoms with Crippen LogP contribution in [-0.2, 0) is 9.53 Å². The monoisotopic (exact) mass is 268 g/mol. The lowest BCUT2D eigenvalue weighted by molar-refractivity contribution is -0.152. The molecule has 0 N–H and O–H groups in total. The first-order chi connectivity index (χ1) is 8.65. The third-order valence-corrected chi connectivity index (χ3v) is 3.07. The molecule has 1 aliphatic heterocycles. The Labute approximate surface area is 110 Å². The van der Waals surface area contributed by atoms with E-state index in [1.165, 1.54) is 0 Å². The Balaban J connectivity index is 2.25. The van der Waals surface area contributed by atoms with Crippen LogP contribution in [0.3, 0.4) is 0 Å². The van der Waals surface area contributed by atoms with Gasteiger partial charge < -0.3 is 4.74 Å². The molecule has 2 rings (SSSR count). The number of imide groups is 1. The summed E-state index contributed by atoms with van der Waals surface area (Å²) in [6, 6.07) is 9.35. The zero-order valence-electron chi connectivity index (χ0n) is 9.88. The van der Waals surface area contributed by atoms with Crippen LogP contribution >= 0.6 is 11.6 Å². The highest BCUT2D eigenvalue weighted by atomic mass is 35.5. The second-order valence-electron chi connectivity index (χ2n) is 3.92. The number of halogens is 1. The van der Waals surface area contributed by atoms with Gasteiger partial charge in [-0.25, -0.2) is 9.80 Å². The van der Waals surface area contributed by atoms with Crippen molar-refractivity contribution in [1.82, 2.24) is 10.0 Å². The lowest BCUT2D eigenvalue weighted by Gasteiger charge is -2.39. The summed E-state index contributed by atoms with van der Waals surface area (Å²) in [6.07, 6.45) is -0.685. The van der Waals surface area contributed by atoms with Gasteiger partial charge >= 0.3 is 6.09 Å².